The molecule has 0 radical (unpaired) electrons. The number of anilines is 1. The van der Waals surface area contributed by atoms with Gasteiger partial charge < -0.3 is 4.90 Å². The second-order valence-electron chi connectivity index (χ2n) is 10.9. The molecule has 3 aromatic rings. The van der Waals surface area contributed by atoms with Crippen molar-refractivity contribution in [3.05, 3.63) is 59.4 Å². The van der Waals surface area contributed by atoms with Crippen LogP contribution in [0.2, 0.25) is 0 Å². The fourth-order valence-corrected chi connectivity index (χ4v) is 7.53. The highest BCUT2D eigenvalue weighted by atomic mass is 32.2. The number of hydrogen-bond acceptors (Lipinski definition) is 8. The summed E-state index contributed by atoms with van der Waals surface area (Å²) in [6, 6.07) is 10.3. The van der Waals surface area contributed by atoms with Gasteiger partial charge in [-0.15, -0.1) is 0 Å². The van der Waals surface area contributed by atoms with Gasteiger partial charge in [-0.2, -0.15) is 4.31 Å². The molecule has 2 aliphatic carbocycles. The van der Waals surface area contributed by atoms with Crippen LogP contribution < -0.4 is 9.62 Å². The number of piperazine rings is 1. The van der Waals surface area contributed by atoms with Gasteiger partial charge in [-0.1, -0.05) is 6.07 Å². The van der Waals surface area contributed by atoms with Crippen molar-refractivity contribution in [2.75, 3.05) is 37.3 Å². The van der Waals surface area contributed by atoms with Gasteiger partial charge in [-0.3, -0.25) is 9.78 Å². The Morgan fingerprint density at radius 3 is 2.38 bits per heavy atom. The van der Waals surface area contributed by atoms with E-state index in [0.717, 1.165) is 29.7 Å². The number of benzene rings is 1. The van der Waals surface area contributed by atoms with E-state index < -0.39 is 31.4 Å². The van der Waals surface area contributed by atoms with Crippen LogP contribution in [0.15, 0.2) is 47.5 Å². The summed E-state index contributed by atoms with van der Waals surface area (Å²) >= 11 is 0. The lowest BCUT2D eigenvalue weighted by Crippen LogP contribution is -2.49. The maximum atomic E-state index is 13.8. The first-order valence-electron chi connectivity index (χ1n) is 13.1. The molecule has 0 unspecified atom stereocenters. The number of aromatic nitrogens is 2. The second kappa shape index (κ2) is 9.24. The Morgan fingerprint density at radius 2 is 1.74 bits per heavy atom. The number of aryl methyl sites for hydroxylation is 1. The van der Waals surface area contributed by atoms with Gasteiger partial charge in [0, 0.05) is 49.0 Å². The molecule has 1 N–H and O–H groups in total. The lowest BCUT2D eigenvalue weighted by Gasteiger charge is -2.36. The highest BCUT2D eigenvalue weighted by Gasteiger charge is 2.55. The molecular weight excluding hydrogens is 538 g/mol. The van der Waals surface area contributed by atoms with Crippen LogP contribution in [0.4, 0.5) is 5.82 Å². The molecule has 0 spiro atoms. The van der Waals surface area contributed by atoms with Crippen molar-refractivity contribution in [2.45, 2.75) is 48.8 Å². The zero-order chi connectivity index (χ0) is 27.6. The predicted octanol–water partition coefficient (Wildman–Crippen LogP) is 2.43. The summed E-state index contributed by atoms with van der Waals surface area (Å²) < 4.78 is 54.8. The molecule has 0 atom stereocenters. The molecule has 3 fully saturated rings. The number of carbonyl (C=O) groups is 1. The van der Waals surface area contributed by atoms with Crippen molar-refractivity contribution >= 4 is 42.7 Å². The minimum atomic E-state index is -4.17. The molecule has 10 nitrogen and oxygen atoms in total. The lowest BCUT2D eigenvalue weighted by molar-refractivity contribution is -0.121. The van der Waals surface area contributed by atoms with Gasteiger partial charge in [0.1, 0.15) is 5.82 Å². The van der Waals surface area contributed by atoms with Crippen LogP contribution in [0.3, 0.4) is 0 Å². The monoisotopic (exact) mass is 569 g/mol. The Hall–Kier alpha value is -3.09. The minimum Gasteiger partial charge on any atom is -0.354 e. The zero-order valence-corrected chi connectivity index (χ0v) is 23.6. The van der Waals surface area contributed by atoms with E-state index in [0.29, 0.717) is 61.7 Å². The van der Waals surface area contributed by atoms with Gasteiger partial charge in [-0.05, 0) is 74.4 Å². The van der Waals surface area contributed by atoms with Crippen LogP contribution in [-0.4, -0.2) is 69.5 Å². The molecule has 6 rings (SSSR count). The highest BCUT2D eigenvalue weighted by molar-refractivity contribution is 7.90. The van der Waals surface area contributed by atoms with E-state index in [9.17, 15) is 21.6 Å². The van der Waals surface area contributed by atoms with Crippen LogP contribution in [0.1, 0.15) is 48.4 Å². The van der Waals surface area contributed by atoms with Gasteiger partial charge in [0.25, 0.3) is 10.0 Å². The van der Waals surface area contributed by atoms with Gasteiger partial charge in [0.15, 0.2) is 0 Å². The van der Waals surface area contributed by atoms with Crippen LogP contribution in [0.25, 0.3) is 10.9 Å². The maximum Gasteiger partial charge on any atom is 0.264 e. The number of nitrogens with zero attached hydrogens (tertiary/aromatic N) is 4. The number of amides is 1. The highest BCUT2D eigenvalue weighted by Crippen LogP contribution is 2.53. The molecule has 1 amide bonds. The van der Waals surface area contributed by atoms with E-state index in [-0.39, 0.29) is 4.90 Å². The minimum absolute atomic E-state index is 0.0126. The SMILES string of the molecule is Cc1ccc2c(S(=O)(=O)NC(=O)C3(c4cc(C5CC5)cnc4N4CCN(S(C)(=O)=O)CC4)CC3)cccc2n1. The van der Waals surface area contributed by atoms with Crippen molar-refractivity contribution in [1.29, 1.82) is 0 Å². The number of pyridine rings is 2. The molecule has 2 saturated carbocycles. The van der Waals surface area contributed by atoms with Crippen molar-refractivity contribution in [2.24, 2.45) is 0 Å². The topological polar surface area (TPSA) is 130 Å². The summed E-state index contributed by atoms with van der Waals surface area (Å²) in [5.74, 6) is 0.467. The van der Waals surface area contributed by atoms with E-state index in [2.05, 4.69) is 9.71 Å². The molecule has 1 saturated heterocycles. The molecule has 0 bridgehead atoms. The van der Waals surface area contributed by atoms with Gasteiger partial charge in [0.05, 0.1) is 22.1 Å². The smallest absolute Gasteiger partial charge is 0.264 e. The average molecular weight is 570 g/mol. The fourth-order valence-electron chi connectivity index (χ4n) is 5.43. The molecule has 2 aromatic heterocycles. The molecule has 39 heavy (non-hydrogen) atoms. The van der Waals surface area contributed by atoms with Crippen LogP contribution >= 0.6 is 0 Å². The van der Waals surface area contributed by atoms with Crippen molar-refractivity contribution in [1.82, 2.24) is 19.0 Å². The third-order valence-electron chi connectivity index (χ3n) is 7.99. The Morgan fingerprint density at radius 1 is 1.03 bits per heavy atom. The Kier molecular flexibility index (Phi) is 6.20. The van der Waals surface area contributed by atoms with Crippen molar-refractivity contribution in [3.8, 4) is 0 Å². The number of sulfonamides is 2. The number of rotatable bonds is 7. The van der Waals surface area contributed by atoms with Crippen LogP contribution in [0.5, 0.6) is 0 Å². The molecule has 1 aromatic carbocycles. The van der Waals surface area contributed by atoms with Gasteiger partial charge in [0.2, 0.25) is 15.9 Å². The standard InChI is InChI=1S/C27H31N5O5S2/c1-18-6-9-21-23(29-18)4-3-5-24(21)39(36,37)30-26(33)27(10-11-27)22-16-20(19-7-8-19)17-28-25(22)31-12-14-32(15-13-31)38(2,34)35/h3-6,9,16-17,19H,7-8,10-15H2,1-2H3,(H,30,33). The molecule has 1 aliphatic heterocycles. The fraction of sp³-hybridized carbons (Fsp3) is 0.444. The Bertz CT molecular complexity index is 1690. The van der Waals surface area contributed by atoms with Crippen LogP contribution in [0, 0.1) is 6.92 Å². The third kappa shape index (κ3) is 4.89. The van der Waals surface area contributed by atoms with E-state index in [1.165, 1.54) is 16.6 Å². The summed E-state index contributed by atoms with van der Waals surface area (Å²) in [5.41, 5.74) is 2.09. The first kappa shape index (κ1) is 26.1. The summed E-state index contributed by atoms with van der Waals surface area (Å²) in [7, 11) is -7.47. The second-order valence-corrected chi connectivity index (χ2v) is 14.5. The average Bonchev–Trinajstić information content (AvgIpc) is 3.81. The molecule has 3 heterocycles. The van der Waals surface area contributed by atoms with E-state index in [1.807, 2.05) is 24.1 Å². The van der Waals surface area contributed by atoms with Crippen molar-refractivity contribution in [3.63, 3.8) is 0 Å². The van der Waals surface area contributed by atoms with E-state index >= 15 is 0 Å². The molecule has 3 aliphatic rings. The first-order chi connectivity index (χ1) is 18.5. The van der Waals surface area contributed by atoms with E-state index in [4.69, 9.17) is 4.98 Å². The summed E-state index contributed by atoms with van der Waals surface area (Å²) in [4.78, 5) is 25.0. The summed E-state index contributed by atoms with van der Waals surface area (Å²) in [5, 5.41) is 0.454. The number of hydrogen-bond donors (Lipinski definition) is 1. The Labute approximate surface area is 228 Å². The van der Waals surface area contributed by atoms with Gasteiger partial charge >= 0.3 is 0 Å². The summed E-state index contributed by atoms with van der Waals surface area (Å²) in [6.45, 7) is 3.36. The third-order valence-corrected chi connectivity index (χ3v) is 10.7. The zero-order valence-electron chi connectivity index (χ0n) is 21.9. The number of carbonyl (C=O) groups excluding carboxylic acids is 1. The lowest BCUT2D eigenvalue weighted by atomic mass is 9.93. The normalized spacial score (nSPS) is 19.7. The molecule has 12 heteroatoms. The van der Waals surface area contributed by atoms with Gasteiger partial charge in [-0.25, -0.2) is 26.5 Å². The largest absolute Gasteiger partial charge is 0.354 e. The molecular formula is C27H31N5O5S2. The molecule has 206 valence electrons. The maximum absolute atomic E-state index is 13.8. The van der Waals surface area contributed by atoms with E-state index in [1.54, 1.807) is 24.3 Å². The first-order valence-corrected chi connectivity index (χ1v) is 16.5. The number of fused-ring (bicyclic) bond motifs is 1. The van der Waals surface area contributed by atoms with Crippen LogP contribution in [-0.2, 0) is 30.3 Å². The number of nitrogens with one attached hydrogen (secondary N) is 1. The Balaban J connectivity index is 1.32. The predicted molar refractivity (Wildman–Crippen MR) is 148 cm³/mol. The van der Waals surface area contributed by atoms with Crippen molar-refractivity contribution < 1.29 is 21.6 Å². The summed E-state index contributed by atoms with van der Waals surface area (Å²) in [6.07, 6.45) is 6.20. The quantitative estimate of drug-likeness (QED) is 0.459.